The van der Waals surface area contributed by atoms with Crippen molar-refractivity contribution < 1.29 is 14.7 Å². The Hall–Kier alpha value is -3.02. The molecule has 184 valence electrons. The number of rotatable bonds is 9. The average Bonchev–Trinajstić information content (AvgIpc) is 3.31. The van der Waals surface area contributed by atoms with Gasteiger partial charge in [-0.1, -0.05) is 65.3 Å². The van der Waals surface area contributed by atoms with E-state index in [1.165, 1.54) is 0 Å². The summed E-state index contributed by atoms with van der Waals surface area (Å²) in [5.74, 6) is -0.372. The lowest BCUT2D eigenvalue weighted by molar-refractivity contribution is -0.139. The number of amides is 2. The van der Waals surface area contributed by atoms with Gasteiger partial charge in [-0.15, -0.1) is 0 Å². The Labute approximate surface area is 203 Å². The summed E-state index contributed by atoms with van der Waals surface area (Å²) in [4.78, 5) is 27.0. The van der Waals surface area contributed by atoms with E-state index in [4.69, 9.17) is 0 Å². The second-order valence-corrected chi connectivity index (χ2v) is 11.0. The topological polar surface area (TPSA) is 81.7 Å². The van der Waals surface area contributed by atoms with E-state index in [2.05, 4.69) is 43.2 Å². The van der Waals surface area contributed by atoms with Gasteiger partial charge in [-0.25, -0.2) is 4.79 Å². The third-order valence-corrected chi connectivity index (χ3v) is 6.54. The molecule has 0 bridgehead atoms. The monoisotopic (exact) mass is 465 g/mol. The number of hydrogen-bond donors (Lipinski definition) is 3. The van der Waals surface area contributed by atoms with Crippen LogP contribution in [0.3, 0.4) is 0 Å². The number of carboxylic acid groups (broad SMARTS) is 1. The van der Waals surface area contributed by atoms with Gasteiger partial charge in [-0.05, 0) is 54.0 Å². The van der Waals surface area contributed by atoms with Crippen molar-refractivity contribution in [1.82, 2.24) is 0 Å². The van der Waals surface area contributed by atoms with Crippen molar-refractivity contribution in [2.75, 3.05) is 28.6 Å². The van der Waals surface area contributed by atoms with E-state index in [-0.39, 0.29) is 17.4 Å². The minimum Gasteiger partial charge on any atom is -0.481 e. The number of carboxylic acids is 1. The first-order valence-corrected chi connectivity index (χ1v) is 12.2. The third kappa shape index (κ3) is 5.91. The van der Waals surface area contributed by atoms with Crippen LogP contribution >= 0.6 is 0 Å². The van der Waals surface area contributed by atoms with E-state index in [0.717, 1.165) is 35.6 Å². The molecule has 2 aromatic rings. The maximum Gasteiger partial charge on any atom is 0.323 e. The third-order valence-electron chi connectivity index (χ3n) is 6.54. The molecule has 2 aromatic carbocycles. The number of aliphatic carboxylic acids is 1. The highest BCUT2D eigenvalue weighted by molar-refractivity contribution is 6.02. The maximum absolute atomic E-state index is 12.9. The van der Waals surface area contributed by atoms with Crippen LogP contribution in [0.4, 0.5) is 21.9 Å². The molecule has 2 atom stereocenters. The van der Waals surface area contributed by atoms with Gasteiger partial charge in [0.25, 0.3) is 0 Å². The molecule has 0 spiro atoms. The molecule has 1 aliphatic rings. The van der Waals surface area contributed by atoms with Crippen LogP contribution < -0.4 is 15.5 Å². The van der Waals surface area contributed by atoms with Crippen molar-refractivity contribution in [1.29, 1.82) is 0 Å². The number of aryl methyl sites for hydroxylation is 1. The first kappa shape index (κ1) is 25.6. The Morgan fingerprint density at radius 1 is 0.971 bits per heavy atom. The van der Waals surface area contributed by atoms with Gasteiger partial charge < -0.3 is 20.6 Å². The van der Waals surface area contributed by atoms with Crippen LogP contribution in [-0.2, 0) is 4.79 Å². The van der Waals surface area contributed by atoms with Gasteiger partial charge >= 0.3 is 12.0 Å². The number of nitrogens with zero attached hydrogens (tertiary/aromatic N) is 1. The molecule has 6 heteroatoms. The molecule has 2 unspecified atom stereocenters. The van der Waals surface area contributed by atoms with E-state index < -0.39 is 11.9 Å². The van der Waals surface area contributed by atoms with Crippen LogP contribution in [0.5, 0.6) is 0 Å². The summed E-state index contributed by atoms with van der Waals surface area (Å²) in [6, 6.07) is 13.4. The lowest BCUT2D eigenvalue weighted by atomic mass is 10.0. The van der Waals surface area contributed by atoms with Crippen LogP contribution in [0.1, 0.15) is 58.6 Å². The summed E-state index contributed by atoms with van der Waals surface area (Å²) in [5, 5.41) is 15.6. The molecule has 34 heavy (non-hydrogen) atoms. The summed E-state index contributed by atoms with van der Waals surface area (Å²) in [6.07, 6.45) is 0. The number of benzene rings is 2. The van der Waals surface area contributed by atoms with E-state index >= 15 is 0 Å². The van der Waals surface area contributed by atoms with Gasteiger partial charge in [0, 0.05) is 24.7 Å². The minimum atomic E-state index is -0.771. The fourth-order valence-electron chi connectivity index (χ4n) is 4.92. The smallest absolute Gasteiger partial charge is 0.323 e. The fourth-order valence-corrected chi connectivity index (χ4v) is 4.92. The van der Waals surface area contributed by atoms with E-state index in [0.29, 0.717) is 17.5 Å². The molecule has 3 rings (SSSR count). The molecule has 0 aromatic heterocycles. The first-order valence-electron chi connectivity index (χ1n) is 12.2. The molecule has 0 heterocycles. The van der Waals surface area contributed by atoms with Crippen molar-refractivity contribution >= 4 is 29.1 Å². The van der Waals surface area contributed by atoms with Gasteiger partial charge in [0.15, 0.2) is 0 Å². The summed E-state index contributed by atoms with van der Waals surface area (Å²) in [7, 11) is 0. The quantitative estimate of drug-likeness (QED) is 0.391. The molecule has 3 N–H and O–H groups in total. The standard InChI is InChI=1S/C28H39N3O3/c1-17(2)15-31(16-18(3)4)23-13-10-20(24-25(26(32)33)28(24,6)7)14-22(23)30-27(34)29-21-11-8-19(5)9-12-21/h8-14,17-18,24-25H,15-16H2,1-7H3,(H,32,33)(H2,29,30,34). The number of carbonyl (C=O) groups excluding carboxylic acids is 1. The Morgan fingerprint density at radius 3 is 2.06 bits per heavy atom. The summed E-state index contributed by atoms with van der Waals surface area (Å²) >= 11 is 0. The van der Waals surface area contributed by atoms with E-state index in [1.807, 2.05) is 63.2 Å². The highest BCUT2D eigenvalue weighted by Gasteiger charge is 2.62. The molecule has 1 fully saturated rings. The average molecular weight is 466 g/mol. The SMILES string of the molecule is Cc1ccc(NC(=O)Nc2cc(C3C(C(=O)O)C3(C)C)ccc2N(CC(C)C)CC(C)C)cc1. The van der Waals surface area contributed by atoms with E-state index in [1.54, 1.807) is 0 Å². The number of carbonyl (C=O) groups is 2. The molecular formula is C28H39N3O3. The van der Waals surface area contributed by atoms with Crippen LogP contribution in [0, 0.1) is 30.1 Å². The van der Waals surface area contributed by atoms with Gasteiger partial charge in [-0.2, -0.15) is 0 Å². The molecule has 0 saturated heterocycles. The lowest BCUT2D eigenvalue weighted by Crippen LogP contribution is -2.32. The maximum atomic E-state index is 12.9. The molecule has 2 amide bonds. The summed E-state index contributed by atoms with van der Waals surface area (Å²) < 4.78 is 0. The van der Waals surface area contributed by atoms with Crippen molar-refractivity contribution in [3.05, 3.63) is 53.6 Å². The van der Waals surface area contributed by atoms with Crippen LogP contribution in [0.15, 0.2) is 42.5 Å². The lowest BCUT2D eigenvalue weighted by Gasteiger charge is -2.31. The van der Waals surface area contributed by atoms with Crippen molar-refractivity contribution in [2.24, 2.45) is 23.2 Å². The Bertz CT molecular complexity index is 1020. The Kier molecular flexibility index (Phi) is 7.59. The van der Waals surface area contributed by atoms with Gasteiger partial charge in [-0.3, -0.25) is 4.79 Å². The predicted molar refractivity (Wildman–Crippen MR) is 140 cm³/mol. The summed E-state index contributed by atoms with van der Waals surface area (Å²) in [6.45, 7) is 16.4. The fraction of sp³-hybridized carbons (Fsp3) is 0.500. The number of urea groups is 1. The van der Waals surface area contributed by atoms with Crippen LogP contribution in [-0.4, -0.2) is 30.2 Å². The van der Waals surface area contributed by atoms with Crippen molar-refractivity contribution in [3.63, 3.8) is 0 Å². The molecule has 0 aliphatic heterocycles. The normalized spacial score (nSPS) is 18.6. The highest BCUT2D eigenvalue weighted by Crippen LogP contribution is 2.64. The zero-order valence-electron chi connectivity index (χ0n) is 21.5. The number of anilines is 3. The Morgan fingerprint density at radius 2 is 1.56 bits per heavy atom. The van der Waals surface area contributed by atoms with E-state index in [9.17, 15) is 14.7 Å². The molecule has 6 nitrogen and oxygen atoms in total. The number of nitrogens with one attached hydrogen (secondary N) is 2. The molecular weight excluding hydrogens is 426 g/mol. The second kappa shape index (κ2) is 10.1. The number of hydrogen-bond acceptors (Lipinski definition) is 3. The minimum absolute atomic E-state index is 0.0802. The highest BCUT2D eigenvalue weighted by atomic mass is 16.4. The zero-order chi connectivity index (χ0) is 25.2. The summed E-state index contributed by atoms with van der Waals surface area (Å²) in [5.41, 5.74) is 4.13. The van der Waals surface area contributed by atoms with Gasteiger partial charge in [0.1, 0.15) is 0 Å². The second-order valence-electron chi connectivity index (χ2n) is 11.0. The molecule has 1 saturated carbocycles. The first-order chi connectivity index (χ1) is 15.9. The molecule has 1 aliphatic carbocycles. The van der Waals surface area contributed by atoms with Crippen LogP contribution in [0.2, 0.25) is 0 Å². The van der Waals surface area contributed by atoms with Crippen LogP contribution in [0.25, 0.3) is 0 Å². The van der Waals surface area contributed by atoms with Gasteiger partial charge in [0.2, 0.25) is 0 Å². The largest absolute Gasteiger partial charge is 0.481 e. The molecule has 0 radical (unpaired) electrons. The zero-order valence-corrected chi connectivity index (χ0v) is 21.5. The predicted octanol–water partition coefficient (Wildman–Crippen LogP) is 6.58. The van der Waals surface area contributed by atoms with Crippen molar-refractivity contribution in [3.8, 4) is 0 Å². The van der Waals surface area contributed by atoms with Crippen molar-refractivity contribution in [2.45, 2.75) is 54.4 Å². The Balaban J connectivity index is 1.95. The van der Waals surface area contributed by atoms with Gasteiger partial charge in [0.05, 0.1) is 17.3 Å².